The zero-order chi connectivity index (χ0) is 16.1. The normalized spacial score (nSPS) is 10.3. The highest BCUT2D eigenvalue weighted by atomic mass is 16.6. The Kier molecular flexibility index (Phi) is 4.38. The highest BCUT2D eigenvalue weighted by molar-refractivity contribution is 5.92. The molecule has 0 N–H and O–H groups in total. The monoisotopic (exact) mass is 309 g/mol. The molecule has 0 bridgehead atoms. The van der Waals surface area contributed by atoms with Crippen LogP contribution >= 0.6 is 0 Å². The molecular formula is C18H15NO4. The number of esters is 1. The molecule has 0 saturated heterocycles. The van der Waals surface area contributed by atoms with Crippen LogP contribution in [-0.4, -0.2) is 11.1 Å². The molecule has 0 aliphatic rings. The van der Waals surface area contributed by atoms with Crippen LogP contribution in [0.5, 0.6) is 11.5 Å². The third-order valence-electron chi connectivity index (χ3n) is 3.10. The molecule has 0 unspecified atom stereocenters. The van der Waals surface area contributed by atoms with Crippen LogP contribution in [0.1, 0.15) is 21.8 Å². The van der Waals surface area contributed by atoms with Crippen LogP contribution in [0, 0.1) is 6.92 Å². The zero-order valence-electron chi connectivity index (χ0n) is 12.6. The van der Waals surface area contributed by atoms with Gasteiger partial charge in [0, 0.05) is 6.07 Å². The molecule has 0 saturated carbocycles. The SMILES string of the molecule is Cc1cc(COC(=O)c2ccccc2Oc2ccccc2)on1. The second-order valence-electron chi connectivity index (χ2n) is 4.92. The molecule has 5 nitrogen and oxygen atoms in total. The van der Waals surface area contributed by atoms with E-state index in [9.17, 15) is 4.79 Å². The highest BCUT2D eigenvalue weighted by Gasteiger charge is 2.15. The number of benzene rings is 2. The van der Waals surface area contributed by atoms with E-state index >= 15 is 0 Å². The Morgan fingerprint density at radius 1 is 1.09 bits per heavy atom. The van der Waals surface area contributed by atoms with Crippen LogP contribution in [0.25, 0.3) is 0 Å². The van der Waals surface area contributed by atoms with Gasteiger partial charge in [-0.3, -0.25) is 0 Å². The molecule has 0 atom stereocenters. The zero-order valence-corrected chi connectivity index (χ0v) is 12.6. The number of carbonyl (C=O) groups excluding carboxylic acids is 1. The van der Waals surface area contributed by atoms with Gasteiger partial charge in [-0.1, -0.05) is 35.5 Å². The lowest BCUT2D eigenvalue weighted by Gasteiger charge is -2.10. The summed E-state index contributed by atoms with van der Waals surface area (Å²) in [4.78, 5) is 12.3. The first-order valence-electron chi connectivity index (χ1n) is 7.13. The second-order valence-corrected chi connectivity index (χ2v) is 4.92. The van der Waals surface area contributed by atoms with Crippen molar-refractivity contribution in [2.75, 3.05) is 0 Å². The van der Waals surface area contributed by atoms with Crippen molar-refractivity contribution in [3.8, 4) is 11.5 Å². The average Bonchev–Trinajstić information content (AvgIpc) is 3.00. The van der Waals surface area contributed by atoms with Gasteiger partial charge in [-0.15, -0.1) is 0 Å². The lowest BCUT2D eigenvalue weighted by atomic mass is 10.2. The first-order chi connectivity index (χ1) is 11.2. The molecule has 3 rings (SSSR count). The lowest BCUT2D eigenvalue weighted by Crippen LogP contribution is -2.06. The van der Waals surface area contributed by atoms with Gasteiger partial charge in [-0.05, 0) is 31.2 Å². The smallest absolute Gasteiger partial charge is 0.342 e. The molecule has 5 heteroatoms. The molecule has 0 aliphatic carbocycles. The van der Waals surface area contributed by atoms with Crippen molar-refractivity contribution in [2.24, 2.45) is 0 Å². The molecule has 0 radical (unpaired) electrons. The number of ether oxygens (including phenoxy) is 2. The van der Waals surface area contributed by atoms with E-state index in [2.05, 4.69) is 5.16 Å². The maximum Gasteiger partial charge on any atom is 0.342 e. The highest BCUT2D eigenvalue weighted by Crippen LogP contribution is 2.25. The van der Waals surface area contributed by atoms with E-state index in [-0.39, 0.29) is 6.61 Å². The summed E-state index contributed by atoms with van der Waals surface area (Å²) in [5.41, 5.74) is 1.09. The van der Waals surface area contributed by atoms with Crippen LogP contribution in [0.4, 0.5) is 0 Å². The van der Waals surface area contributed by atoms with Crippen molar-refractivity contribution in [2.45, 2.75) is 13.5 Å². The van der Waals surface area contributed by atoms with Gasteiger partial charge in [0.25, 0.3) is 0 Å². The number of rotatable bonds is 5. The maximum atomic E-state index is 12.3. The Labute approximate surface area is 133 Å². The van der Waals surface area contributed by atoms with Crippen molar-refractivity contribution in [1.29, 1.82) is 0 Å². The summed E-state index contributed by atoms with van der Waals surface area (Å²) in [6, 6.07) is 17.9. The van der Waals surface area contributed by atoms with Crippen LogP contribution in [-0.2, 0) is 11.3 Å². The number of aromatic nitrogens is 1. The predicted molar refractivity (Wildman–Crippen MR) is 83.3 cm³/mol. The van der Waals surface area contributed by atoms with Gasteiger partial charge in [0.1, 0.15) is 17.1 Å². The van der Waals surface area contributed by atoms with Crippen LogP contribution in [0.2, 0.25) is 0 Å². The number of nitrogens with zero attached hydrogens (tertiary/aromatic N) is 1. The van der Waals surface area contributed by atoms with E-state index < -0.39 is 5.97 Å². The summed E-state index contributed by atoms with van der Waals surface area (Å²) in [7, 11) is 0. The van der Waals surface area contributed by atoms with Crippen molar-refractivity contribution in [3.63, 3.8) is 0 Å². The third-order valence-corrected chi connectivity index (χ3v) is 3.10. The fraction of sp³-hybridized carbons (Fsp3) is 0.111. The number of hydrogen-bond donors (Lipinski definition) is 0. The summed E-state index contributed by atoms with van der Waals surface area (Å²) >= 11 is 0. The Balaban J connectivity index is 1.72. The maximum absolute atomic E-state index is 12.3. The van der Waals surface area contributed by atoms with Gasteiger partial charge < -0.3 is 14.0 Å². The first-order valence-corrected chi connectivity index (χ1v) is 7.13. The molecule has 2 aromatic carbocycles. The number of aryl methyl sites for hydroxylation is 1. The molecule has 0 fully saturated rings. The van der Waals surface area contributed by atoms with Crippen molar-refractivity contribution < 1.29 is 18.8 Å². The molecule has 3 aromatic rings. The van der Waals surface area contributed by atoms with E-state index in [1.54, 1.807) is 37.3 Å². The van der Waals surface area contributed by atoms with E-state index in [4.69, 9.17) is 14.0 Å². The quantitative estimate of drug-likeness (QED) is 0.663. The third kappa shape index (κ3) is 3.77. The number of para-hydroxylation sites is 2. The minimum absolute atomic E-state index is 0.0271. The summed E-state index contributed by atoms with van der Waals surface area (Å²) in [6.45, 7) is 1.83. The molecule has 1 heterocycles. The van der Waals surface area contributed by atoms with E-state index in [0.29, 0.717) is 22.8 Å². The molecular weight excluding hydrogens is 294 g/mol. The average molecular weight is 309 g/mol. The number of hydrogen-bond acceptors (Lipinski definition) is 5. The van der Waals surface area contributed by atoms with Gasteiger partial charge in [0.2, 0.25) is 0 Å². The Morgan fingerprint density at radius 2 is 1.83 bits per heavy atom. The van der Waals surface area contributed by atoms with Crippen molar-refractivity contribution in [3.05, 3.63) is 77.7 Å². The van der Waals surface area contributed by atoms with E-state index in [0.717, 1.165) is 5.69 Å². The summed E-state index contributed by atoms with van der Waals surface area (Å²) in [5.74, 6) is 1.11. The molecule has 23 heavy (non-hydrogen) atoms. The summed E-state index contributed by atoms with van der Waals surface area (Å²) < 4.78 is 16.0. The molecule has 1 aromatic heterocycles. The van der Waals surface area contributed by atoms with Crippen molar-refractivity contribution in [1.82, 2.24) is 5.16 Å². The van der Waals surface area contributed by atoms with Gasteiger partial charge in [-0.25, -0.2) is 4.79 Å². The van der Waals surface area contributed by atoms with Crippen LogP contribution in [0.15, 0.2) is 65.2 Å². The molecule has 0 aliphatic heterocycles. The van der Waals surface area contributed by atoms with Gasteiger partial charge >= 0.3 is 5.97 Å². The van der Waals surface area contributed by atoms with Crippen LogP contribution in [0.3, 0.4) is 0 Å². The fourth-order valence-corrected chi connectivity index (χ4v) is 2.04. The second kappa shape index (κ2) is 6.79. The van der Waals surface area contributed by atoms with E-state index in [1.807, 2.05) is 30.3 Å². The Hall–Kier alpha value is -3.08. The molecule has 0 spiro atoms. The summed E-state index contributed by atoms with van der Waals surface area (Å²) in [6.07, 6.45) is 0. The minimum Gasteiger partial charge on any atom is -0.456 e. The minimum atomic E-state index is -0.481. The topological polar surface area (TPSA) is 61.6 Å². The Morgan fingerprint density at radius 3 is 2.57 bits per heavy atom. The Bertz CT molecular complexity index is 796. The lowest BCUT2D eigenvalue weighted by molar-refractivity contribution is 0.0434. The fourth-order valence-electron chi connectivity index (χ4n) is 2.04. The van der Waals surface area contributed by atoms with Gasteiger partial charge in [0.15, 0.2) is 12.4 Å². The van der Waals surface area contributed by atoms with E-state index in [1.165, 1.54) is 0 Å². The predicted octanol–water partition coefficient (Wildman–Crippen LogP) is 4.13. The van der Waals surface area contributed by atoms with Gasteiger partial charge in [-0.2, -0.15) is 0 Å². The summed E-state index contributed by atoms with van der Waals surface area (Å²) in [5, 5.41) is 3.75. The van der Waals surface area contributed by atoms with Gasteiger partial charge in [0.05, 0.1) is 5.69 Å². The first kappa shape index (κ1) is 14.8. The number of carbonyl (C=O) groups is 1. The van der Waals surface area contributed by atoms with Crippen molar-refractivity contribution >= 4 is 5.97 Å². The van der Waals surface area contributed by atoms with Crippen LogP contribution < -0.4 is 4.74 Å². The largest absolute Gasteiger partial charge is 0.456 e. The standard InChI is InChI=1S/C18H15NO4/c1-13-11-15(23-19-13)12-21-18(20)16-9-5-6-10-17(16)22-14-7-3-2-4-8-14/h2-11H,12H2,1H3. The molecule has 116 valence electrons. The molecule has 0 amide bonds.